The van der Waals surface area contributed by atoms with Crippen LogP contribution >= 0.6 is 11.6 Å². The van der Waals surface area contributed by atoms with Gasteiger partial charge in [-0.15, -0.1) is 0 Å². The second-order valence-electron chi connectivity index (χ2n) is 5.21. The number of hydrogen-bond acceptors (Lipinski definition) is 4. The molecule has 0 atom stereocenters. The summed E-state index contributed by atoms with van der Waals surface area (Å²) in [6.45, 7) is 3.38. The number of aryl methyl sites for hydroxylation is 2. The first-order valence-corrected chi connectivity index (χ1v) is 7.23. The zero-order chi connectivity index (χ0) is 15.0. The average Bonchev–Trinajstić information content (AvgIpc) is 2.74. The van der Waals surface area contributed by atoms with Crippen LogP contribution in [0.15, 0.2) is 29.4 Å². The molecule has 0 bridgehead atoms. The van der Waals surface area contributed by atoms with Crippen LogP contribution < -0.4 is 4.90 Å². The summed E-state index contributed by atoms with van der Waals surface area (Å²) in [7, 11) is 1.91. The van der Waals surface area contributed by atoms with E-state index in [9.17, 15) is 0 Å². The van der Waals surface area contributed by atoms with Crippen LogP contribution in [0.2, 0.25) is 5.02 Å². The largest absolute Gasteiger partial charge is 0.411 e. The van der Waals surface area contributed by atoms with Gasteiger partial charge in [-0.3, -0.25) is 4.68 Å². The van der Waals surface area contributed by atoms with Crippen molar-refractivity contribution in [1.82, 2.24) is 9.78 Å². The van der Waals surface area contributed by atoms with Crippen LogP contribution in [0, 0.1) is 6.92 Å². The molecule has 6 heteroatoms. The van der Waals surface area contributed by atoms with Crippen molar-refractivity contribution < 1.29 is 5.21 Å². The van der Waals surface area contributed by atoms with E-state index in [0.717, 1.165) is 39.9 Å². The minimum atomic E-state index is 0.686. The first-order valence-electron chi connectivity index (χ1n) is 6.85. The van der Waals surface area contributed by atoms with Crippen LogP contribution in [0.25, 0.3) is 0 Å². The zero-order valence-electron chi connectivity index (χ0n) is 12.0. The van der Waals surface area contributed by atoms with Gasteiger partial charge in [-0.2, -0.15) is 5.10 Å². The number of hydrogen-bond donors (Lipinski definition) is 1. The maximum atomic E-state index is 9.14. The molecule has 0 fully saturated rings. The molecule has 5 nitrogen and oxygen atoms in total. The van der Waals surface area contributed by atoms with Crippen molar-refractivity contribution in [2.45, 2.75) is 19.9 Å². The van der Waals surface area contributed by atoms with E-state index < -0.39 is 0 Å². The Morgan fingerprint density at radius 1 is 1.38 bits per heavy atom. The molecule has 0 radical (unpaired) electrons. The van der Waals surface area contributed by atoms with Crippen molar-refractivity contribution in [1.29, 1.82) is 0 Å². The first kappa shape index (κ1) is 13.9. The summed E-state index contributed by atoms with van der Waals surface area (Å²) in [6.07, 6.45) is 0.710. The van der Waals surface area contributed by atoms with E-state index in [-0.39, 0.29) is 0 Å². The molecule has 1 aliphatic rings. The fraction of sp³-hybridized carbons (Fsp3) is 0.333. The lowest BCUT2D eigenvalue weighted by Gasteiger charge is -2.31. The first-order chi connectivity index (χ1) is 10.1. The molecule has 0 amide bonds. The summed E-state index contributed by atoms with van der Waals surface area (Å²) in [5.74, 6) is 0. The molecule has 2 heterocycles. The fourth-order valence-electron chi connectivity index (χ4n) is 2.79. The van der Waals surface area contributed by atoms with Crippen LogP contribution in [0.3, 0.4) is 0 Å². The second-order valence-corrected chi connectivity index (χ2v) is 5.58. The number of aromatic nitrogens is 2. The Morgan fingerprint density at radius 3 is 2.81 bits per heavy atom. The molecule has 1 aromatic carbocycles. The molecule has 110 valence electrons. The second kappa shape index (κ2) is 5.41. The van der Waals surface area contributed by atoms with E-state index in [2.05, 4.69) is 15.2 Å². The Labute approximate surface area is 128 Å². The van der Waals surface area contributed by atoms with Crippen LogP contribution in [0.4, 0.5) is 5.69 Å². The normalized spacial score (nSPS) is 16.3. The van der Waals surface area contributed by atoms with Crippen molar-refractivity contribution in [2.75, 3.05) is 11.4 Å². The van der Waals surface area contributed by atoms with Gasteiger partial charge in [0.25, 0.3) is 0 Å². The Morgan fingerprint density at radius 2 is 2.14 bits per heavy atom. The Bertz CT molecular complexity index is 708. The molecular formula is C15H17ClN4O. The average molecular weight is 305 g/mol. The van der Waals surface area contributed by atoms with Gasteiger partial charge in [-0.25, -0.2) is 0 Å². The predicted octanol–water partition coefficient (Wildman–Crippen LogP) is 2.97. The molecule has 0 saturated carbocycles. The van der Waals surface area contributed by atoms with Crippen molar-refractivity contribution in [3.8, 4) is 0 Å². The van der Waals surface area contributed by atoms with Crippen LogP contribution in [-0.4, -0.2) is 27.2 Å². The molecule has 1 aromatic heterocycles. The van der Waals surface area contributed by atoms with E-state index in [1.165, 1.54) is 0 Å². The van der Waals surface area contributed by atoms with E-state index >= 15 is 0 Å². The SMILES string of the molecule is Cc1nn(C)c(CN2CCC(=NO)c3ccccc32)c1Cl. The lowest BCUT2D eigenvalue weighted by molar-refractivity contribution is 0.317. The van der Waals surface area contributed by atoms with Crippen molar-refractivity contribution in [2.24, 2.45) is 12.2 Å². The van der Waals surface area contributed by atoms with Crippen LogP contribution in [0.5, 0.6) is 0 Å². The molecule has 0 spiro atoms. The maximum absolute atomic E-state index is 9.14. The van der Waals surface area contributed by atoms with Gasteiger partial charge in [0, 0.05) is 31.3 Å². The number of fused-ring (bicyclic) bond motifs is 1. The highest BCUT2D eigenvalue weighted by atomic mass is 35.5. The van der Waals surface area contributed by atoms with Gasteiger partial charge in [0.2, 0.25) is 0 Å². The van der Waals surface area contributed by atoms with Crippen LogP contribution in [-0.2, 0) is 13.6 Å². The summed E-state index contributed by atoms with van der Waals surface area (Å²) >= 11 is 6.34. The minimum absolute atomic E-state index is 0.686. The highest BCUT2D eigenvalue weighted by Crippen LogP contribution is 2.30. The third-order valence-corrected chi connectivity index (χ3v) is 4.39. The number of oxime groups is 1. The van der Waals surface area contributed by atoms with Crippen molar-refractivity contribution in [3.63, 3.8) is 0 Å². The van der Waals surface area contributed by atoms with Gasteiger partial charge in [0.05, 0.1) is 28.7 Å². The van der Waals surface area contributed by atoms with Gasteiger partial charge >= 0.3 is 0 Å². The van der Waals surface area contributed by atoms with Gasteiger partial charge in [-0.05, 0) is 13.0 Å². The fourth-order valence-corrected chi connectivity index (χ4v) is 3.01. The maximum Gasteiger partial charge on any atom is 0.0906 e. The summed E-state index contributed by atoms with van der Waals surface area (Å²) in [5, 5.41) is 17.6. The Balaban J connectivity index is 1.97. The Hall–Kier alpha value is -2.01. The molecule has 0 unspecified atom stereocenters. The number of anilines is 1. The molecule has 1 aliphatic heterocycles. The van der Waals surface area contributed by atoms with Gasteiger partial charge in [0.1, 0.15) is 0 Å². The minimum Gasteiger partial charge on any atom is -0.411 e. The predicted molar refractivity (Wildman–Crippen MR) is 83.4 cm³/mol. The monoisotopic (exact) mass is 304 g/mol. The molecule has 3 rings (SSSR count). The molecule has 0 aliphatic carbocycles. The highest BCUT2D eigenvalue weighted by molar-refractivity contribution is 6.31. The van der Waals surface area contributed by atoms with Crippen LogP contribution in [0.1, 0.15) is 23.4 Å². The molecule has 21 heavy (non-hydrogen) atoms. The number of nitrogens with zero attached hydrogens (tertiary/aromatic N) is 4. The zero-order valence-corrected chi connectivity index (χ0v) is 12.8. The van der Waals surface area contributed by atoms with Crippen molar-refractivity contribution >= 4 is 23.0 Å². The summed E-state index contributed by atoms with van der Waals surface area (Å²) < 4.78 is 1.83. The smallest absolute Gasteiger partial charge is 0.0906 e. The standard InChI is InChI=1S/C15H17ClN4O/c1-10-15(16)14(19(2)17-10)9-20-8-7-12(18-21)11-5-3-4-6-13(11)20/h3-6,21H,7-9H2,1-2H3. The molecular weight excluding hydrogens is 288 g/mol. The number of halogens is 1. The quantitative estimate of drug-likeness (QED) is 0.685. The topological polar surface area (TPSA) is 53.7 Å². The molecule has 2 aromatic rings. The lowest BCUT2D eigenvalue weighted by Crippen LogP contribution is -2.32. The van der Waals surface area contributed by atoms with Gasteiger partial charge < -0.3 is 10.1 Å². The number of benzene rings is 1. The third kappa shape index (κ3) is 2.38. The van der Waals surface area contributed by atoms with E-state index in [0.29, 0.717) is 13.0 Å². The summed E-state index contributed by atoms with van der Waals surface area (Å²) in [6, 6.07) is 7.96. The summed E-state index contributed by atoms with van der Waals surface area (Å²) in [5.41, 5.74) is 4.60. The molecule has 1 N–H and O–H groups in total. The van der Waals surface area contributed by atoms with Crippen molar-refractivity contribution in [3.05, 3.63) is 46.2 Å². The Kier molecular flexibility index (Phi) is 3.59. The number of rotatable bonds is 2. The van der Waals surface area contributed by atoms with E-state index in [1.807, 2.05) is 42.9 Å². The van der Waals surface area contributed by atoms with E-state index in [4.69, 9.17) is 16.8 Å². The highest BCUT2D eigenvalue weighted by Gasteiger charge is 2.23. The van der Waals surface area contributed by atoms with Gasteiger partial charge in [0.15, 0.2) is 0 Å². The van der Waals surface area contributed by atoms with E-state index in [1.54, 1.807) is 0 Å². The third-order valence-electron chi connectivity index (χ3n) is 3.90. The lowest BCUT2D eigenvalue weighted by atomic mass is 9.99. The van der Waals surface area contributed by atoms with Gasteiger partial charge in [-0.1, -0.05) is 35.0 Å². The molecule has 0 saturated heterocycles. The number of para-hydroxylation sites is 1. The summed E-state index contributed by atoms with van der Waals surface area (Å²) in [4.78, 5) is 2.24.